The van der Waals surface area contributed by atoms with Gasteiger partial charge in [-0.2, -0.15) is 0 Å². The van der Waals surface area contributed by atoms with Crippen LogP contribution < -0.4 is 9.62 Å². The summed E-state index contributed by atoms with van der Waals surface area (Å²) in [5.74, 6) is -0.719. The predicted octanol–water partition coefficient (Wildman–Crippen LogP) is 5.63. The number of aryl methyl sites for hydroxylation is 2. The van der Waals surface area contributed by atoms with Crippen molar-refractivity contribution in [2.24, 2.45) is 0 Å². The van der Waals surface area contributed by atoms with E-state index in [2.05, 4.69) is 5.32 Å². The van der Waals surface area contributed by atoms with Gasteiger partial charge in [-0.1, -0.05) is 66.4 Å². The van der Waals surface area contributed by atoms with Gasteiger partial charge >= 0.3 is 0 Å². The van der Waals surface area contributed by atoms with Gasteiger partial charge in [-0.25, -0.2) is 8.42 Å². The maximum atomic E-state index is 14.0. The molecule has 1 aliphatic carbocycles. The van der Waals surface area contributed by atoms with E-state index in [4.69, 9.17) is 11.6 Å². The lowest BCUT2D eigenvalue weighted by Gasteiger charge is -2.32. The number of sulfonamides is 1. The van der Waals surface area contributed by atoms with E-state index in [9.17, 15) is 18.0 Å². The molecule has 40 heavy (non-hydrogen) atoms. The minimum absolute atomic E-state index is 0.0170. The smallest absolute Gasteiger partial charge is 0.264 e. The third-order valence-corrected chi connectivity index (χ3v) is 9.35. The number of amides is 2. The van der Waals surface area contributed by atoms with Crippen LogP contribution in [0.25, 0.3) is 0 Å². The molecule has 1 atom stereocenters. The van der Waals surface area contributed by atoms with Crippen LogP contribution in [0.5, 0.6) is 0 Å². The SMILES string of the molecule is Cc1ccc(CN(C(=O)CN(c2cccc(C)c2)S(=O)(=O)c2ccc(Cl)cc2)C(C)C(=O)NC2CCCC2)cc1. The molecule has 212 valence electrons. The van der Waals surface area contributed by atoms with E-state index in [0.29, 0.717) is 10.7 Å². The number of carbonyl (C=O) groups excluding carboxylic acids is 2. The van der Waals surface area contributed by atoms with Crippen molar-refractivity contribution < 1.29 is 18.0 Å². The fourth-order valence-corrected chi connectivity index (χ4v) is 6.44. The lowest BCUT2D eigenvalue weighted by molar-refractivity contribution is -0.139. The number of hydrogen-bond acceptors (Lipinski definition) is 4. The summed E-state index contributed by atoms with van der Waals surface area (Å²) in [4.78, 5) is 28.8. The highest BCUT2D eigenvalue weighted by Crippen LogP contribution is 2.26. The molecule has 0 bridgehead atoms. The summed E-state index contributed by atoms with van der Waals surface area (Å²) in [6.45, 7) is 5.23. The summed E-state index contributed by atoms with van der Waals surface area (Å²) in [6.07, 6.45) is 3.98. The Morgan fingerprint density at radius 2 is 1.60 bits per heavy atom. The Bertz CT molecular complexity index is 1440. The van der Waals surface area contributed by atoms with Gasteiger partial charge in [0.25, 0.3) is 10.0 Å². The second kappa shape index (κ2) is 12.9. The maximum Gasteiger partial charge on any atom is 0.264 e. The number of anilines is 1. The van der Waals surface area contributed by atoms with Crippen molar-refractivity contribution in [3.63, 3.8) is 0 Å². The zero-order valence-corrected chi connectivity index (χ0v) is 24.7. The quantitative estimate of drug-likeness (QED) is 0.336. The Labute approximate surface area is 242 Å². The van der Waals surface area contributed by atoms with Crippen LogP contribution in [0.2, 0.25) is 5.02 Å². The molecule has 1 aliphatic rings. The molecule has 0 radical (unpaired) electrons. The number of nitrogens with one attached hydrogen (secondary N) is 1. The Kier molecular flexibility index (Phi) is 9.53. The minimum atomic E-state index is -4.13. The number of hydrogen-bond donors (Lipinski definition) is 1. The molecule has 1 fully saturated rings. The van der Waals surface area contributed by atoms with Crippen LogP contribution in [0.1, 0.15) is 49.3 Å². The molecule has 3 aromatic rings. The molecule has 2 amide bonds. The molecule has 7 nitrogen and oxygen atoms in total. The van der Waals surface area contributed by atoms with E-state index in [-0.39, 0.29) is 23.4 Å². The molecule has 0 aliphatic heterocycles. The summed E-state index contributed by atoms with van der Waals surface area (Å²) in [7, 11) is -4.13. The minimum Gasteiger partial charge on any atom is -0.352 e. The van der Waals surface area contributed by atoms with Gasteiger partial charge in [0.15, 0.2) is 0 Å². The highest BCUT2D eigenvalue weighted by molar-refractivity contribution is 7.92. The Morgan fingerprint density at radius 1 is 0.950 bits per heavy atom. The third-order valence-electron chi connectivity index (χ3n) is 7.31. The van der Waals surface area contributed by atoms with Gasteiger partial charge in [-0.05, 0) is 81.1 Å². The van der Waals surface area contributed by atoms with Crippen LogP contribution in [-0.4, -0.2) is 43.8 Å². The van der Waals surface area contributed by atoms with Crippen LogP contribution in [0.3, 0.4) is 0 Å². The molecule has 0 spiro atoms. The number of rotatable bonds is 10. The van der Waals surface area contributed by atoms with Gasteiger partial charge in [0, 0.05) is 17.6 Å². The topological polar surface area (TPSA) is 86.8 Å². The van der Waals surface area contributed by atoms with Gasteiger partial charge in [0.1, 0.15) is 12.6 Å². The number of benzene rings is 3. The number of nitrogens with zero attached hydrogens (tertiary/aromatic N) is 2. The van der Waals surface area contributed by atoms with Gasteiger partial charge in [0.2, 0.25) is 11.8 Å². The molecule has 1 saturated carbocycles. The second-order valence-electron chi connectivity index (χ2n) is 10.5. The second-order valence-corrected chi connectivity index (χ2v) is 12.8. The maximum absolute atomic E-state index is 14.0. The van der Waals surface area contributed by atoms with Crippen molar-refractivity contribution in [1.29, 1.82) is 0 Å². The lowest BCUT2D eigenvalue weighted by atomic mass is 10.1. The van der Waals surface area contributed by atoms with Crippen molar-refractivity contribution >= 4 is 39.1 Å². The van der Waals surface area contributed by atoms with Gasteiger partial charge < -0.3 is 10.2 Å². The molecule has 1 unspecified atom stereocenters. The van der Waals surface area contributed by atoms with Crippen molar-refractivity contribution in [2.45, 2.75) is 70.0 Å². The first-order valence-electron chi connectivity index (χ1n) is 13.5. The van der Waals surface area contributed by atoms with Crippen molar-refractivity contribution in [1.82, 2.24) is 10.2 Å². The van der Waals surface area contributed by atoms with E-state index >= 15 is 0 Å². The summed E-state index contributed by atoms with van der Waals surface area (Å²) < 4.78 is 28.9. The van der Waals surface area contributed by atoms with Gasteiger partial charge in [-0.15, -0.1) is 0 Å². The van der Waals surface area contributed by atoms with Gasteiger partial charge in [0.05, 0.1) is 10.6 Å². The highest BCUT2D eigenvalue weighted by Gasteiger charge is 2.33. The fourth-order valence-electron chi connectivity index (χ4n) is 4.91. The summed E-state index contributed by atoms with van der Waals surface area (Å²) in [6, 6.07) is 19.9. The molecular weight excluding hydrogens is 546 g/mol. The predicted molar refractivity (Wildman–Crippen MR) is 159 cm³/mol. The molecule has 4 rings (SSSR count). The fraction of sp³-hybridized carbons (Fsp3) is 0.355. The molecule has 0 aromatic heterocycles. The van der Waals surface area contributed by atoms with E-state index in [1.807, 2.05) is 44.2 Å². The first kappa shape index (κ1) is 29.6. The van der Waals surface area contributed by atoms with Crippen molar-refractivity contribution in [2.75, 3.05) is 10.8 Å². The zero-order chi connectivity index (χ0) is 28.9. The Hall–Kier alpha value is -3.36. The molecule has 0 heterocycles. The van der Waals surface area contributed by atoms with Crippen LogP contribution >= 0.6 is 11.6 Å². The molecule has 0 saturated heterocycles. The first-order valence-corrected chi connectivity index (χ1v) is 15.4. The number of carbonyl (C=O) groups is 2. The zero-order valence-electron chi connectivity index (χ0n) is 23.1. The molecule has 9 heteroatoms. The summed E-state index contributed by atoms with van der Waals surface area (Å²) >= 11 is 6.01. The van der Waals surface area contributed by atoms with Crippen molar-refractivity contribution in [3.8, 4) is 0 Å². The number of halogens is 1. The van der Waals surface area contributed by atoms with E-state index < -0.39 is 28.5 Å². The Morgan fingerprint density at radius 3 is 2.23 bits per heavy atom. The normalized spacial score (nSPS) is 14.5. The van der Waals surface area contributed by atoms with E-state index in [1.54, 1.807) is 25.1 Å². The first-order chi connectivity index (χ1) is 19.0. The van der Waals surface area contributed by atoms with Gasteiger partial charge in [-0.3, -0.25) is 13.9 Å². The molecule has 1 N–H and O–H groups in total. The standard InChI is InChI=1S/C31H36ClN3O4S/c1-22-11-13-25(14-12-22)20-34(24(3)31(37)33-27-8-4-5-9-27)30(36)21-35(28-10-6-7-23(2)19-28)40(38,39)29-17-15-26(32)16-18-29/h6-7,10-19,24,27H,4-5,8-9,20-21H2,1-3H3,(H,33,37). The average molecular weight is 582 g/mol. The molecular formula is C31H36ClN3O4S. The van der Waals surface area contributed by atoms with E-state index in [1.165, 1.54) is 29.2 Å². The largest absolute Gasteiger partial charge is 0.352 e. The molecule has 3 aromatic carbocycles. The summed E-state index contributed by atoms with van der Waals surface area (Å²) in [5, 5.41) is 3.49. The highest BCUT2D eigenvalue weighted by atomic mass is 35.5. The average Bonchev–Trinajstić information content (AvgIpc) is 3.44. The van der Waals surface area contributed by atoms with Crippen molar-refractivity contribution in [3.05, 3.63) is 94.5 Å². The third kappa shape index (κ3) is 7.23. The van der Waals surface area contributed by atoms with Crippen LogP contribution in [0.15, 0.2) is 77.7 Å². The monoisotopic (exact) mass is 581 g/mol. The van der Waals surface area contributed by atoms with Crippen LogP contribution in [-0.2, 0) is 26.2 Å². The van der Waals surface area contributed by atoms with Crippen LogP contribution in [0.4, 0.5) is 5.69 Å². The summed E-state index contributed by atoms with van der Waals surface area (Å²) in [5.41, 5.74) is 3.14. The van der Waals surface area contributed by atoms with Crippen LogP contribution in [0, 0.1) is 13.8 Å². The Balaban J connectivity index is 1.68. The van der Waals surface area contributed by atoms with E-state index in [0.717, 1.165) is 46.7 Å². The lowest BCUT2D eigenvalue weighted by Crippen LogP contribution is -2.52.